The molecular formula is C21H25F3N4O2. The van der Waals surface area contributed by atoms with Crippen LogP contribution in [0.4, 0.5) is 13.2 Å². The maximum Gasteiger partial charge on any atom is 0.573 e. The lowest BCUT2D eigenvalue weighted by atomic mass is 9.62. The van der Waals surface area contributed by atoms with E-state index in [-0.39, 0.29) is 23.0 Å². The Labute approximate surface area is 173 Å². The van der Waals surface area contributed by atoms with Gasteiger partial charge < -0.3 is 14.2 Å². The average molecular weight is 422 g/mol. The number of likely N-dealkylation sites (tertiary alicyclic amines) is 1. The molecule has 1 saturated heterocycles. The van der Waals surface area contributed by atoms with Gasteiger partial charge in [0.05, 0.1) is 0 Å². The van der Waals surface area contributed by atoms with Crippen LogP contribution in [0.1, 0.15) is 55.2 Å². The molecule has 2 fully saturated rings. The fraction of sp³-hybridized carbons (Fsp3) is 0.571. The third kappa shape index (κ3) is 4.02. The zero-order valence-electron chi connectivity index (χ0n) is 17.0. The summed E-state index contributed by atoms with van der Waals surface area (Å²) in [5.74, 6) is 0.971. The molecule has 1 aliphatic heterocycles. The first-order chi connectivity index (χ1) is 14.2. The number of halogens is 3. The molecule has 1 aromatic carbocycles. The van der Waals surface area contributed by atoms with Gasteiger partial charge in [0.25, 0.3) is 5.91 Å². The Balaban J connectivity index is 1.52. The molecule has 1 atom stereocenters. The summed E-state index contributed by atoms with van der Waals surface area (Å²) < 4.78 is 43.0. The number of carbonyl (C=O) groups is 1. The predicted octanol–water partition coefficient (Wildman–Crippen LogP) is 4.24. The molecule has 0 bridgehead atoms. The Morgan fingerprint density at radius 1 is 1.27 bits per heavy atom. The second-order valence-electron chi connectivity index (χ2n) is 8.76. The molecule has 1 aromatic heterocycles. The lowest BCUT2D eigenvalue weighted by Gasteiger charge is -2.42. The van der Waals surface area contributed by atoms with E-state index in [1.165, 1.54) is 24.3 Å². The van der Waals surface area contributed by atoms with Crippen molar-refractivity contribution in [2.45, 2.75) is 51.9 Å². The van der Waals surface area contributed by atoms with Crippen molar-refractivity contribution in [3.05, 3.63) is 42.0 Å². The van der Waals surface area contributed by atoms with Gasteiger partial charge in [-0.05, 0) is 48.4 Å². The number of hydrogen-bond donors (Lipinski definition) is 0. The quantitative estimate of drug-likeness (QED) is 0.723. The number of benzene rings is 1. The summed E-state index contributed by atoms with van der Waals surface area (Å²) in [6, 6.07) is 5.11. The molecule has 1 saturated carbocycles. The highest BCUT2D eigenvalue weighted by atomic mass is 19.4. The molecular weight excluding hydrogens is 397 g/mol. The summed E-state index contributed by atoms with van der Waals surface area (Å²) in [5, 5.41) is 8.51. The number of carbonyl (C=O) groups excluding carboxylic acids is 1. The standard InChI is InChI=1S/C21H25F3N4O2/c1-14(2)10-28-13-25-26-18(28)17-11-27(12-20(17)8-3-9-20)19(29)15-4-6-16(7-5-15)30-21(22,23)24/h4-7,13-14,17H,3,8-12H2,1-2H3. The van der Waals surface area contributed by atoms with Crippen molar-refractivity contribution in [3.63, 3.8) is 0 Å². The normalized spacial score (nSPS) is 20.6. The Hall–Kier alpha value is -2.58. The van der Waals surface area contributed by atoms with E-state index < -0.39 is 6.36 Å². The van der Waals surface area contributed by atoms with Crippen LogP contribution in [0.25, 0.3) is 0 Å². The first-order valence-corrected chi connectivity index (χ1v) is 10.2. The molecule has 1 amide bonds. The van der Waals surface area contributed by atoms with Crippen molar-refractivity contribution in [2.75, 3.05) is 13.1 Å². The van der Waals surface area contributed by atoms with Crippen LogP contribution in [-0.2, 0) is 6.54 Å². The molecule has 162 valence electrons. The third-order valence-electron chi connectivity index (χ3n) is 6.14. The van der Waals surface area contributed by atoms with Gasteiger partial charge in [0.1, 0.15) is 17.9 Å². The molecule has 2 aliphatic rings. The molecule has 2 aromatic rings. The Morgan fingerprint density at radius 3 is 2.53 bits per heavy atom. The number of nitrogens with zero attached hydrogens (tertiary/aromatic N) is 4. The van der Waals surface area contributed by atoms with Gasteiger partial charge in [0.15, 0.2) is 0 Å². The van der Waals surface area contributed by atoms with Gasteiger partial charge in [-0.3, -0.25) is 4.79 Å². The molecule has 0 N–H and O–H groups in total. The van der Waals surface area contributed by atoms with Crippen molar-refractivity contribution < 1.29 is 22.7 Å². The predicted molar refractivity (Wildman–Crippen MR) is 103 cm³/mol. The number of amides is 1. The largest absolute Gasteiger partial charge is 0.573 e. The molecule has 4 rings (SSSR count). The molecule has 2 heterocycles. The highest BCUT2D eigenvalue weighted by molar-refractivity contribution is 5.94. The number of alkyl halides is 3. The molecule has 1 aliphatic carbocycles. The van der Waals surface area contributed by atoms with Crippen LogP contribution in [0, 0.1) is 11.3 Å². The SMILES string of the molecule is CC(C)Cn1cnnc1C1CN(C(=O)c2ccc(OC(F)(F)F)cc2)CC12CCC2. The summed E-state index contributed by atoms with van der Waals surface area (Å²) in [6.07, 6.45) is 0.199. The van der Waals surface area contributed by atoms with Crippen LogP contribution in [0.3, 0.4) is 0 Å². The summed E-state index contributed by atoms with van der Waals surface area (Å²) in [7, 11) is 0. The molecule has 1 spiro atoms. The minimum Gasteiger partial charge on any atom is -0.406 e. The van der Waals surface area contributed by atoms with E-state index in [2.05, 4.69) is 33.3 Å². The van der Waals surface area contributed by atoms with Gasteiger partial charge in [0, 0.05) is 31.1 Å². The summed E-state index contributed by atoms with van der Waals surface area (Å²) in [5.41, 5.74) is 0.361. The lowest BCUT2D eigenvalue weighted by Crippen LogP contribution is -2.38. The summed E-state index contributed by atoms with van der Waals surface area (Å²) >= 11 is 0. The second kappa shape index (κ2) is 7.59. The van der Waals surface area contributed by atoms with Crippen LogP contribution in [0.5, 0.6) is 5.75 Å². The van der Waals surface area contributed by atoms with Gasteiger partial charge in [-0.25, -0.2) is 0 Å². The van der Waals surface area contributed by atoms with Crippen LogP contribution < -0.4 is 4.74 Å². The minimum atomic E-state index is -4.75. The highest BCUT2D eigenvalue weighted by Gasteiger charge is 2.53. The number of rotatable bonds is 5. The molecule has 30 heavy (non-hydrogen) atoms. The van der Waals surface area contributed by atoms with Crippen LogP contribution in [0.2, 0.25) is 0 Å². The van der Waals surface area contributed by atoms with Crippen LogP contribution in [-0.4, -0.2) is 45.0 Å². The number of ether oxygens (including phenoxy) is 1. The smallest absolute Gasteiger partial charge is 0.406 e. The highest BCUT2D eigenvalue weighted by Crippen LogP contribution is 2.55. The first kappa shape index (κ1) is 20.7. The van der Waals surface area contributed by atoms with Crippen molar-refractivity contribution in [1.82, 2.24) is 19.7 Å². The minimum absolute atomic E-state index is 0.0107. The zero-order valence-corrected chi connectivity index (χ0v) is 17.0. The van der Waals surface area contributed by atoms with Crippen LogP contribution in [0.15, 0.2) is 30.6 Å². The Kier molecular flexibility index (Phi) is 5.23. The third-order valence-corrected chi connectivity index (χ3v) is 6.14. The zero-order chi connectivity index (χ0) is 21.5. The van der Waals surface area contributed by atoms with E-state index >= 15 is 0 Å². The molecule has 9 heteroatoms. The van der Waals surface area contributed by atoms with E-state index in [4.69, 9.17) is 0 Å². The van der Waals surface area contributed by atoms with E-state index in [0.717, 1.165) is 31.6 Å². The fourth-order valence-electron chi connectivity index (χ4n) is 4.67. The van der Waals surface area contributed by atoms with Crippen LogP contribution >= 0.6 is 0 Å². The van der Waals surface area contributed by atoms with Gasteiger partial charge in [-0.2, -0.15) is 0 Å². The van der Waals surface area contributed by atoms with E-state index in [0.29, 0.717) is 24.6 Å². The maximum atomic E-state index is 13.1. The topological polar surface area (TPSA) is 60.2 Å². The Morgan fingerprint density at radius 2 is 1.97 bits per heavy atom. The van der Waals surface area contributed by atoms with Crippen molar-refractivity contribution in [2.24, 2.45) is 11.3 Å². The van der Waals surface area contributed by atoms with Crippen molar-refractivity contribution in [3.8, 4) is 5.75 Å². The average Bonchev–Trinajstić information content (AvgIpc) is 3.23. The van der Waals surface area contributed by atoms with E-state index in [9.17, 15) is 18.0 Å². The first-order valence-electron chi connectivity index (χ1n) is 10.2. The van der Waals surface area contributed by atoms with Gasteiger partial charge in [-0.1, -0.05) is 20.3 Å². The van der Waals surface area contributed by atoms with Crippen molar-refractivity contribution in [1.29, 1.82) is 0 Å². The Bertz CT molecular complexity index is 904. The van der Waals surface area contributed by atoms with Crippen molar-refractivity contribution >= 4 is 5.91 Å². The molecule has 0 radical (unpaired) electrons. The second-order valence-corrected chi connectivity index (χ2v) is 8.76. The monoisotopic (exact) mass is 422 g/mol. The molecule has 1 unspecified atom stereocenters. The van der Waals surface area contributed by atoms with E-state index in [1.807, 2.05) is 0 Å². The van der Waals surface area contributed by atoms with Gasteiger partial charge in [0.2, 0.25) is 0 Å². The van der Waals surface area contributed by atoms with Gasteiger partial charge in [-0.15, -0.1) is 23.4 Å². The molecule has 6 nitrogen and oxygen atoms in total. The number of aromatic nitrogens is 3. The lowest BCUT2D eigenvalue weighted by molar-refractivity contribution is -0.274. The summed E-state index contributed by atoms with van der Waals surface area (Å²) in [6.45, 7) is 6.27. The maximum absolute atomic E-state index is 13.1. The van der Waals surface area contributed by atoms with Gasteiger partial charge >= 0.3 is 6.36 Å². The summed E-state index contributed by atoms with van der Waals surface area (Å²) in [4.78, 5) is 14.9. The fourth-order valence-corrected chi connectivity index (χ4v) is 4.67. The number of hydrogen-bond acceptors (Lipinski definition) is 4. The van der Waals surface area contributed by atoms with E-state index in [1.54, 1.807) is 11.2 Å².